The van der Waals surface area contributed by atoms with Gasteiger partial charge in [-0.1, -0.05) is 30.3 Å². The van der Waals surface area contributed by atoms with Gasteiger partial charge in [-0.2, -0.15) is 5.10 Å². The van der Waals surface area contributed by atoms with E-state index in [9.17, 15) is 9.59 Å². The van der Waals surface area contributed by atoms with Gasteiger partial charge in [0, 0.05) is 38.4 Å². The molecule has 2 N–H and O–H groups in total. The first-order chi connectivity index (χ1) is 14.1. The molecule has 1 saturated heterocycles. The van der Waals surface area contributed by atoms with Crippen LogP contribution in [0.3, 0.4) is 0 Å². The predicted molar refractivity (Wildman–Crippen MR) is 111 cm³/mol. The van der Waals surface area contributed by atoms with Gasteiger partial charge in [0.2, 0.25) is 5.91 Å². The Morgan fingerprint density at radius 3 is 2.55 bits per heavy atom. The number of nitrogens with one attached hydrogen (secondary N) is 2. The highest BCUT2D eigenvalue weighted by atomic mass is 16.2. The highest BCUT2D eigenvalue weighted by Gasteiger charge is 2.26. The van der Waals surface area contributed by atoms with E-state index in [0.717, 1.165) is 18.4 Å². The molecule has 154 valence electrons. The first-order valence-corrected chi connectivity index (χ1v) is 10.3. The van der Waals surface area contributed by atoms with Crippen LogP contribution in [0, 0.1) is 0 Å². The van der Waals surface area contributed by atoms with E-state index in [1.165, 1.54) is 0 Å². The average Bonchev–Trinajstić information content (AvgIpc) is 3.43. The summed E-state index contributed by atoms with van der Waals surface area (Å²) in [5.74, 6) is 0.0883. The molecule has 8 nitrogen and oxygen atoms in total. The Hall–Kier alpha value is -2.87. The third-order valence-electron chi connectivity index (χ3n) is 5.50. The van der Waals surface area contributed by atoms with E-state index in [4.69, 9.17) is 0 Å². The van der Waals surface area contributed by atoms with Crippen LogP contribution in [0.4, 0.5) is 10.5 Å². The van der Waals surface area contributed by atoms with Crippen molar-refractivity contribution in [2.45, 2.75) is 31.8 Å². The van der Waals surface area contributed by atoms with Crippen molar-refractivity contribution in [3.63, 3.8) is 0 Å². The van der Waals surface area contributed by atoms with Gasteiger partial charge in [0.25, 0.3) is 0 Å². The molecule has 1 saturated carbocycles. The Morgan fingerprint density at radius 1 is 1.14 bits per heavy atom. The molecule has 1 aliphatic heterocycles. The molecular formula is C21H28N6O2. The van der Waals surface area contributed by atoms with Crippen LogP contribution < -0.4 is 10.6 Å². The van der Waals surface area contributed by atoms with E-state index >= 15 is 0 Å². The first-order valence-electron chi connectivity index (χ1n) is 10.3. The molecule has 3 amide bonds. The number of piperazine rings is 1. The minimum atomic E-state index is -0.126. The molecule has 2 aromatic rings. The lowest BCUT2D eigenvalue weighted by Crippen LogP contribution is -2.52. The van der Waals surface area contributed by atoms with Crippen molar-refractivity contribution < 1.29 is 9.59 Å². The Balaban J connectivity index is 1.25. The number of amides is 3. The highest BCUT2D eigenvalue weighted by Crippen LogP contribution is 2.19. The Kier molecular flexibility index (Phi) is 5.80. The second-order valence-electron chi connectivity index (χ2n) is 7.83. The summed E-state index contributed by atoms with van der Waals surface area (Å²) in [5, 5.41) is 10.3. The summed E-state index contributed by atoms with van der Waals surface area (Å²) in [6.07, 6.45) is 5.73. The van der Waals surface area contributed by atoms with Gasteiger partial charge in [0.05, 0.1) is 24.5 Å². The zero-order valence-electron chi connectivity index (χ0n) is 16.8. The van der Waals surface area contributed by atoms with Gasteiger partial charge >= 0.3 is 6.03 Å². The lowest BCUT2D eigenvalue weighted by atomic mass is 10.1. The van der Waals surface area contributed by atoms with Crippen LogP contribution in [0.25, 0.3) is 0 Å². The topological polar surface area (TPSA) is 82.5 Å². The van der Waals surface area contributed by atoms with E-state index < -0.39 is 0 Å². The van der Waals surface area contributed by atoms with Crippen LogP contribution in [0.1, 0.15) is 31.4 Å². The zero-order chi connectivity index (χ0) is 20.2. The van der Waals surface area contributed by atoms with Crippen molar-refractivity contribution in [3.8, 4) is 0 Å². The van der Waals surface area contributed by atoms with E-state index in [2.05, 4.69) is 39.7 Å². The molecule has 1 atom stereocenters. The van der Waals surface area contributed by atoms with Crippen molar-refractivity contribution in [1.82, 2.24) is 24.9 Å². The predicted octanol–water partition coefficient (Wildman–Crippen LogP) is 1.92. The first kappa shape index (κ1) is 19.4. The number of hydrogen-bond donors (Lipinski definition) is 2. The number of aromatic nitrogens is 2. The normalized spacial score (nSPS) is 18.3. The minimum absolute atomic E-state index is 0.0883. The molecular weight excluding hydrogens is 368 g/mol. The SMILES string of the molecule is CC(c1ccccc1)n1cc(NC(=O)N2CCN(CC(=O)NC3CC3)CC2)cn1. The maximum Gasteiger partial charge on any atom is 0.322 e. The highest BCUT2D eigenvalue weighted by molar-refractivity contribution is 5.89. The summed E-state index contributed by atoms with van der Waals surface area (Å²) < 4.78 is 1.85. The fourth-order valence-electron chi connectivity index (χ4n) is 3.51. The smallest absolute Gasteiger partial charge is 0.322 e. The molecule has 0 bridgehead atoms. The molecule has 2 aliphatic rings. The second kappa shape index (κ2) is 8.65. The van der Waals surface area contributed by atoms with Crippen molar-refractivity contribution in [3.05, 3.63) is 48.3 Å². The molecule has 2 heterocycles. The lowest BCUT2D eigenvalue weighted by Gasteiger charge is -2.34. The molecule has 8 heteroatoms. The molecule has 2 fully saturated rings. The number of nitrogens with zero attached hydrogens (tertiary/aromatic N) is 4. The molecule has 1 aliphatic carbocycles. The standard InChI is InChI=1S/C21H28N6O2/c1-16(17-5-3-2-4-6-17)27-14-19(13-22-27)24-21(29)26-11-9-25(10-12-26)15-20(28)23-18-7-8-18/h2-6,13-14,16,18H,7-12,15H2,1H3,(H,23,28)(H,24,29). The average molecular weight is 396 g/mol. The monoisotopic (exact) mass is 396 g/mol. The largest absolute Gasteiger partial charge is 0.352 e. The minimum Gasteiger partial charge on any atom is -0.352 e. The summed E-state index contributed by atoms with van der Waals surface area (Å²) in [6, 6.07) is 10.5. The van der Waals surface area contributed by atoms with Gasteiger partial charge in [-0.3, -0.25) is 14.4 Å². The lowest BCUT2D eigenvalue weighted by molar-refractivity contribution is -0.122. The van der Waals surface area contributed by atoms with Crippen LogP contribution in [-0.2, 0) is 4.79 Å². The fraction of sp³-hybridized carbons (Fsp3) is 0.476. The van der Waals surface area contributed by atoms with Crippen LogP contribution in [0.5, 0.6) is 0 Å². The molecule has 29 heavy (non-hydrogen) atoms. The van der Waals surface area contributed by atoms with Crippen LogP contribution >= 0.6 is 0 Å². The molecule has 1 aromatic heterocycles. The molecule has 4 rings (SSSR count). The number of urea groups is 1. The summed E-state index contributed by atoms with van der Waals surface area (Å²) in [6.45, 7) is 5.11. The van der Waals surface area contributed by atoms with E-state index in [1.54, 1.807) is 11.1 Å². The second-order valence-corrected chi connectivity index (χ2v) is 7.83. The number of anilines is 1. The number of benzene rings is 1. The molecule has 0 radical (unpaired) electrons. The third kappa shape index (κ3) is 5.14. The van der Waals surface area contributed by atoms with Gasteiger partial charge in [-0.15, -0.1) is 0 Å². The Bertz CT molecular complexity index is 840. The van der Waals surface area contributed by atoms with Crippen molar-refractivity contribution in [1.29, 1.82) is 0 Å². The van der Waals surface area contributed by atoms with E-state index in [1.807, 2.05) is 29.1 Å². The van der Waals surface area contributed by atoms with Crippen molar-refractivity contribution in [2.75, 3.05) is 38.0 Å². The Labute approximate surface area is 170 Å². The van der Waals surface area contributed by atoms with Gasteiger partial charge in [0.1, 0.15) is 0 Å². The van der Waals surface area contributed by atoms with Gasteiger partial charge in [-0.05, 0) is 25.3 Å². The quantitative estimate of drug-likeness (QED) is 0.782. The maximum absolute atomic E-state index is 12.6. The van der Waals surface area contributed by atoms with Gasteiger partial charge in [-0.25, -0.2) is 4.79 Å². The zero-order valence-corrected chi connectivity index (χ0v) is 16.8. The summed E-state index contributed by atoms with van der Waals surface area (Å²) >= 11 is 0. The van der Waals surface area contributed by atoms with Crippen molar-refractivity contribution >= 4 is 17.6 Å². The van der Waals surface area contributed by atoms with Crippen LogP contribution in [0.2, 0.25) is 0 Å². The molecule has 0 spiro atoms. The maximum atomic E-state index is 12.6. The van der Waals surface area contributed by atoms with Crippen LogP contribution in [0.15, 0.2) is 42.7 Å². The summed E-state index contributed by atoms with van der Waals surface area (Å²) in [5.41, 5.74) is 1.85. The molecule has 1 aromatic carbocycles. The van der Waals surface area contributed by atoms with E-state index in [0.29, 0.717) is 44.5 Å². The molecule has 1 unspecified atom stereocenters. The third-order valence-corrected chi connectivity index (χ3v) is 5.50. The van der Waals surface area contributed by atoms with Gasteiger partial charge < -0.3 is 15.5 Å². The number of rotatable bonds is 6. The van der Waals surface area contributed by atoms with Gasteiger partial charge in [0.15, 0.2) is 0 Å². The van der Waals surface area contributed by atoms with Crippen LogP contribution in [-0.4, -0.2) is 70.3 Å². The number of carbonyl (C=O) groups excluding carboxylic acids is 2. The van der Waals surface area contributed by atoms with E-state index in [-0.39, 0.29) is 18.0 Å². The summed E-state index contributed by atoms with van der Waals surface area (Å²) in [7, 11) is 0. The number of hydrogen-bond acceptors (Lipinski definition) is 4. The fourth-order valence-corrected chi connectivity index (χ4v) is 3.51. The Morgan fingerprint density at radius 2 is 1.86 bits per heavy atom. The summed E-state index contributed by atoms with van der Waals surface area (Å²) in [4.78, 5) is 28.4. The number of carbonyl (C=O) groups is 2. The van der Waals surface area contributed by atoms with Crippen molar-refractivity contribution in [2.24, 2.45) is 0 Å².